The fourth-order valence-corrected chi connectivity index (χ4v) is 4.21. The fourth-order valence-electron chi connectivity index (χ4n) is 4.21. The van der Waals surface area contributed by atoms with E-state index in [-0.39, 0.29) is 23.2 Å². The SMILES string of the molecule is CCC(=O)c1cc(C(=O)Nc2ccc3c(c2)CN(C)CC3(C)C)ccc1OC(C)C. The average Bonchev–Trinajstić information content (AvgIpc) is 2.66. The van der Waals surface area contributed by atoms with Crippen LogP contribution in [0.5, 0.6) is 5.75 Å². The Hall–Kier alpha value is -2.66. The van der Waals surface area contributed by atoms with E-state index in [1.165, 1.54) is 11.1 Å². The first-order chi connectivity index (χ1) is 14.1. The molecule has 2 aromatic rings. The van der Waals surface area contributed by atoms with Crippen molar-refractivity contribution in [2.45, 2.75) is 59.1 Å². The van der Waals surface area contributed by atoms with Gasteiger partial charge in [-0.3, -0.25) is 9.59 Å². The number of carbonyl (C=O) groups excluding carboxylic acids is 2. The molecule has 0 aliphatic carbocycles. The highest BCUT2D eigenvalue weighted by atomic mass is 16.5. The first kappa shape index (κ1) is 22.0. The lowest BCUT2D eigenvalue weighted by Crippen LogP contribution is -2.39. The van der Waals surface area contributed by atoms with E-state index < -0.39 is 0 Å². The molecule has 0 aromatic heterocycles. The summed E-state index contributed by atoms with van der Waals surface area (Å²) in [5.41, 5.74) is 4.28. The van der Waals surface area contributed by atoms with Gasteiger partial charge in [0.2, 0.25) is 0 Å². The molecule has 160 valence electrons. The zero-order valence-electron chi connectivity index (χ0n) is 18.8. The number of hydrogen-bond donors (Lipinski definition) is 1. The highest BCUT2D eigenvalue weighted by Gasteiger charge is 2.30. The van der Waals surface area contributed by atoms with Crippen molar-refractivity contribution >= 4 is 17.4 Å². The van der Waals surface area contributed by atoms with Gasteiger partial charge in [0.1, 0.15) is 5.75 Å². The number of ether oxygens (including phenoxy) is 1. The third kappa shape index (κ3) is 4.73. The topological polar surface area (TPSA) is 58.6 Å². The quantitative estimate of drug-likeness (QED) is 0.680. The number of ketones is 1. The van der Waals surface area contributed by atoms with Crippen molar-refractivity contribution in [2.75, 3.05) is 18.9 Å². The maximum absolute atomic E-state index is 12.9. The monoisotopic (exact) mass is 408 g/mol. The van der Waals surface area contributed by atoms with Gasteiger partial charge in [0.25, 0.3) is 5.91 Å². The molecule has 1 heterocycles. The maximum atomic E-state index is 12.9. The van der Waals surface area contributed by atoms with Crippen molar-refractivity contribution in [1.29, 1.82) is 0 Å². The number of anilines is 1. The molecule has 0 saturated heterocycles. The number of Topliss-reactive ketones (excluding diaryl/α,β-unsaturated/α-hetero) is 1. The van der Waals surface area contributed by atoms with Crippen LogP contribution in [-0.2, 0) is 12.0 Å². The van der Waals surface area contributed by atoms with Crippen molar-refractivity contribution in [3.05, 3.63) is 58.7 Å². The molecule has 3 rings (SSSR count). The minimum absolute atomic E-state index is 0.0423. The van der Waals surface area contributed by atoms with E-state index in [0.29, 0.717) is 23.3 Å². The van der Waals surface area contributed by atoms with Gasteiger partial charge in [0, 0.05) is 36.2 Å². The molecule has 0 unspecified atom stereocenters. The van der Waals surface area contributed by atoms with Crippen LogP contribution in [-0.4, -0.2) is 36.3 Å². The number of fused-ring (bicyclic) bond motifs is 1. The smallest absolute Gasteiger partial charge is 0.255 e. The number of rotatable bonds is 6. The molecule has 5 nitrogen and oxygen atoms in total. The summed E-state index contributed by atoms with van der Waals surface area (Å²) in [5.74, 6) is 0.242. The zero-order valence-corrected chi connectivity index (χ0v) is 18.8. The Kier molecular flexibility index (Phi) is 6.32. The molecular weight excluding hydrogens is 376 g/mol. The summed E-state index contributed by atoms with van der Waals surface area (Å²) in [6.07, 6.45) is 0.305. The number of likely N-dealkylation sites (N-methyl/N-ethyl adjacent to an activating group) is 1. The molecule has 0 bridgehead atoms. The second-order valence-corrected chi connectivity index (χ2v) is 9.04. The maximum Gasteiger partial charge on any atom is 0.255 e. The Morgan fingerprint density at radius 2 is 1.90 bits per heavy atom. The molecule has 30 heavy (non-hydrogen) atoms. The van der Waals surface area contributed by atoms with Gasteiger partial charge in [0.15, 0.2) is 5.78 Å². The third-order valence-corrected chi connectivity index (χ3v) is 5.42. The summed E-state index contributed by atoms with van der Waals surface area (Å²) in [6, 6.07) is 11.2. The predicted octanol–water partition coefficient (Wildman–Crippen LogP) is 5.04. The van der Waals surface area contributed by atoms with E-state index in [1.54, 1.807) is 25.1 Å². The fraction of sp³-hybridized carbons (Fsp3) is 0.440. The summed E-state index contributed by atoms with van der Waals surface area (Å²) in [6.45, 7) is 12.0. The van der Waals surface area contributed by atoms with E-state index in [4.69, 9.17) is 4.74 Å². The van der Waals surface area contributed by atoms with Crippen LogP contribution in [0.4, 0.5) is 5.69 Å². The van der Waals surface area contributed by atoms with Crippen LogP contribution in [0, 0.1) is 0 Å². The van der Waals surface area contributed by atoms with E-state index in [9.17, 15) is 9.59 Å². The van der Waals surface area contributed by atoms with Crippen molar-refractivity contribution < 1.29 is 14.3 Å². The highest BCUT2D eigenvalue weighted by Crippen LogP contribution is 2.34. The number of carbonyl (C=O) groups is 2. The minimum atomic E-state index is -0.236. The summed E-state index contributed by atoms with van der Waals surface area (Å²) in [7, 11) is 2.11. The largest absolute Gasteiger partial charge is 0.490 e. The Morgan fingerprint density at radius 3 is 2.57 bits per heavy atom. The number of nitrogens with zero attached hydrogens (tertiary/aromatic N) is 1. The van der Waals surface area contributed by atoms with Gasteiger partial charge in [-0.1, -0.05) is 26.8 Å². The van der Waals surface area contributed by atoms with Crippen LogP contribution in [0.25, 0.3) is 0 Å². The first-order valence-electron chi connectivity index (χ1n) is 10.6. The van der Waals surface area contributed by atoms with Gasteiger partial charge in [-0.05, 0) is 62.4 Å². The Labute approximate surface area is 179 Å². The molecule has 1 aliphatic heterocycles. The van der Waals surface area contributed by atoms with Crippen LogP contribution in [0.2, 0.25) is 0 Å². The molecule has 1 N–H and O–H groups in total. The number of hydrogen-bond acceptors (Lipinski definition) is 4. The molecule has 0 saturated carbocycles. The Bertz CT molecular complexity index is 963. The molecule has 0 spiro atoms. The summed E-state index contributed by atoms with van der Waals surface area (Å²) >= 11 is 0. The standard InChI is InChI=1S/C25H32N2O3/c1-7-22(28)20-13-17(8-11-23(20)30-16(2)3)24(29)26-19-9-10-21-18(12-19)14-27(6)15-25(21,4)5/h8-13,16H,7,14-15H2,1-6H3,(H,26,29). The molecule has 0 radical (unpaired) electrons. The van der Waals surface area contributed by atoms with E-state index in [1.807, 2.05) is 19.9 Å². The Morgan fingerprint density at radius 1 is 1.17 bits per heavy atom. The molecular formula is C25H32N2O3. The lowest BCUT2D eigenvalue weighted by atomic mass is 9.78. The van der Waals surface area contributed by atoms with E-state index in [2.05, 4.69) is 43.2 Å². The van der Waals surface area contributed by atoms with Crippen molar-refractivity contribution in [3.63, 3.8) is 0 Å². The van der Waals surface area contributed by atoms with Crippen molar-refractivity contribution in [2.24, 2.45) is 0 Å². The van der Waals surface area contributed by atoms with Gasteiger partial charge in [0.05, 0.1) is 11.7 Å². The summed E-state index contributed by atoms with van der Waals surface area (Å²) in [4.78, 5) is 27.6. The lowest BCUT2D eigenvalue weighted by molar-refractivity contribution is 0.0982. The molecule has 1 amide bonds. The summed E-state index contributed by atoms with van der Waals surface area (Å²) < 4.78 is 5.76. The normalized spacial score (nSPS) is 15.6. The minimum Gasteiger partial charge on any atom is -0.490 e. The van der Waals surface area contributed by atoms with Crippen LogP contribution in [0.15, 0.2) is 36.4 Å². The molecule has 0 fully saturated rings. The lowest BCUT2D eigenvalue weighted by Gasteiger charge is -2.38. The molecule has 2 aromatic carbocycles. The van der Waals surface area contributed by atoms with Gasteiger partial charge in [-0.15, -0.1) is 0 Å². The van der Waals surface area contributed by atoms with Gasteiger partial charge >= 0.3 is 0 Å². The van der Waals surface area contributed by atoms with Crippen LogP contribution >= 0.6 is 0 Å². The number of amides is 1. The zero-order chi connectivity index (χ0) is 22.1. The molecule has 5 heteroatoms. The summed E-state index contributed by atoms with van der Waals surface area (Å²) in [5, 5.41) is 2.99. The number of nitrogens with one attached hydrogen (secondary N) is 1. The Balaban J connectivity index is 1.86. The van der Waals surface area contributed by atoms with Crippen LogP contribution in [0.3, 0.4) is 0 Å². The highest BCUT2D eigenvalue weighted by molar-refractivity contribution is 6.07. The van der Waals surface area contributed by atoms with Crippen LogP contribution < -0.4 is 10.1 Å². The molecule has 0 atom stereocenters. The first-order valence-corrected chi connectivity index (χ1v) is 10.6. The van der Waals surface area contributed by atoms with E-state index in [0.717, 1.165) is 18.8 Å². The van der Waals surface area contributed by atoms with Gasteiger partial charge in [-0.25, -0.2) is 0 Å². The van der Waals surface area contributed by atoms with Gasteiger partial charge in [-0.2, -0.15) is 0 Å². The van der Waals surface area contributed by atoms with Crippen molar-refractivity contribution in [3.8, 4) is 5.75 Å². The number of benzene rings is 2. The second-order valence-electron chi connectivity index (χ2n) is 9.04. The third-order valence-electron chi connectivity index (χ3n) is 5.42. The molecule has 1 aliphatic rings. The second kappa shape index (κ2) is 8.60. The van der Waals surface area contributed by atoms with E-state index >= 15 is 0 Å². The van der Waals surface area contributed by atoms with Crippen molar-refractivity contribution in [1.82, 2.24) is 4.90 Å². The predicted molar refractivity (Wildman–Crippen MR) is 121 cm³/mol. The van der Waals surface area contributed by atoms with Gasteiger partial charge < -0.3 is 15.0 Å². The average molecular weight is 409 g/mol. The van der Waals surface area contributed by atoms with Crippen LogP contribution in [0.1, 0.15) is 72.9 Å².